The molecule has 0 aliphatic heterocycles. The SMILES string of the molecule is CC(C)(C)CC1(OCCO)CCCC1. The van der Waals surface area contributed by atoms with Crippen LogP contribution in [0.2, 0.25) is 0 Å². The van der Waals surface area contributed by atoms with E-state index < -0.39 is 0 Å². The second kappa shape index (κ2) is 4.63. The van der Waals surface area contributed by atoms with Gasteiger partial charge in [0.25, 0.3) is 0 Å². The van der Waals surface area contributed by atoms with Gasteiger partial charge >= 0.3 is 0 Å². The van der Waals surface area contributed by atoms with E-state index in [2.05, 4.69) is 20.8 Å². The first-order valence-electron chi connectivity index (χ1n) is 5.72. The summed E-state index contributed by atoms with van der Waals surface area (Å²) in [6.45, 7) is 7.42. The molecular formula is C12H24O2. The Labute approximate surface area is 87.7 Å². The number of aliphatic hydroxyl groups excluding tert-OH is 1. The molecule has 1 fully saturated rings. The summed E-state index contributed by atoms with van der Waals surface area (Å²) in [4.78, 5) is 0. The van der Waals surface area contributed by atoms with Crippen molar-refractivity contribution in [3.05, 3.63) is 0 Å². The minimum Gasteiger partial charge on any atom is -0.394 e. The molecule has 0 radical (unpaired) electrons. The summed E-state index contributed by atoms with van der Waals surface area (Å²) in [6.07, 6.45) is 6.01. The van der Waals surface area contributed by atoms with Crippen molar-refractivity contribution in [3.8, 4) is 0 Å². The van der Waals surface area contributed by atoms with Crippen LogP contribution in [0.1, 0.15) is 52.9 Å². The molecule has 1 aliphatic carbocycles. The summed E-state index contributed by atoms with van der Waals surface area (Å²) in [5.41, 5.74) is 0.390. The van der Waals surface area contributed by atoms with Crippen LogP contribution in [0.15, 0.2) is 0 Å². The molecule has 0 aromatic rings. The molecule has 1 aliphatic rings. The molecule has 2 heteroatoms. The van der Waals surface area contributed by atoms with Gasteiger partial charge in [-0.05, 0) is 24.7 Å². The third kappa shape index (κ3) is 3.58. The van der Waals surface area contributed by atoms with E-state index in [1.165, 1.54) is 25.7 Å². The van der Waals surface area contributed by atoms with Crippen LogP contribution >= 0.6 is 0 Å². The van der Waals surface area contributed by atoms with Crippen LogP contribution in [0.5, 0.6) is 0 Å². The van der Waals surface area contributed by atoms with Crippen LogP contribution in [0.4, 0.5) is 0 Å². The molecule has 0 unspecified atom stereocenters. The lowest BCUT2D eigenvalue weighted by Crippen LogP contribution is -2.34. The molecule has 0 atom stereocenters. The van der Waals surface area contributed by atoms with Crippen LogP contribution in [-0.4, -0.2) is 23.9 Å². The topological polar surface area (TPSA) is 29.5 Å². The highest BCUT2D eigenvalue weighted by molar-refractivity contribution is 4.90. The van der Waals surface area contributed by atoms with Crippen molar-refractivity contribution in [3.63, 3.8) is 0 Å². The van der Waals surface area contributed by atoms with Crippen molar-refractivity contribution in [2.24, 2.45) is 5.41 Å². The average molecular weight is 200 g/mol. The van der Waals surface area contributed by atoms with E-state index in [1.807, 2.05) is 0 Å². The minimum atomic E-state index is 0.0704. The number of hydrogen-bond acceptors (Lipinski definition) is 2. The maximum atomic E-state index is 8.81. The lowest BCUT2D eigenvalue weighted by Gasteiger charge is -2.35. The van der Waals surface area contributed by atoms with Gasteiger partial charge in [-0.15, -0.1) is 0 Å². The maximum absolute atomic E-state index is 8.81. The van der Waals surface area contributed by atoms with Crippen LogP contribution in [0.3, 0.4) is 0 Å². The van der Waals surface area contributed by atoms with Gasteiger partial charge in [0.2, 0.25) is 0 Å². The third-order valence-corrected chi connectivity index (χ3v) is 2.87. The minimum absolute atomic E-state index is 0.0704. The van der Waals surface area contributed by atoms with Crippen molar-refractivity contribution >= 4 is 0 Å². The molecule has 1 N–H and O–H groups in total. The van der Waals surface area contributed by atoms with Gasteiger partial charge in [0.1, 0.15) is 0 Å². The molecule has 1 rings (SSSR count). The van der Waals surface area contributed by atoms with E-state index in [9.17, 15) is 0 Å². The number of ether oxygens (including phenoxy) is 1. The number of aliphatic hydroxyl groups is 1. The summed E-state index contributed by atoms with van der Waals surface area (Å²) < 4.78 is 5.87. The first-order valence-corrected chi connectivity index (χ1v) is 5.72. The first kappa shape index (κ1) is 12.0. The zero-order chi connectivity index (χ0) is 10.7. The van der Waals surface area contributed by atoms with Crippen molar-refractivity contribution in [2.75, 3.05) is 13.2 Å². The fourth-order valence-electron chi connectivity index (χ4n) is 2.62. The summed E-state index contributed by atoms with van der Waals surface area (Å²) in [5, 5.41) is 8.81. The van der Waals surface area contributed by atoms with Crippen LogP contribution < -0.4 is 0 Å². The van der Waals surface area contributed by atoms with Gasteiger partial charge in [0.05, 0.1) is 18.8 Å². The molecule has 14 heavy (non-hydrogen) atoms. The predicted molar refractivity (Wildman–Crippen MR) is 58.3 cm³/mol. The summed E-state index contributed by atoms with van der Waals surface area (Å²) in [6, 6.07) is 0. The van der Waals surface area contributed by atoms with Crippen LogP contribution in [0.25, 0.3) is 0 Å². The van der Waals surface area contributed by atoms with E-state index in [1.54, 1.807) is 0 Å². The van der Waals surface area contributed by atoms with Gasteiger partial charge in [-0.2, -0.15) is 0 Å². The fraction of sp³-hybridized carbons (Fsp3) is 1.00. The van der Waals surface area contributed by atoms with E-state index in [0.29, 0.717) is 12.0 Å². The Hall–Kier alpha value is -0.0800. The lowest BCUT2D eigenvalue weighted by molar-refractivity contribution is -0.0757. The highest BCUT2D eigenvalue weighted by atomic mass is 16.5. The fourth-order valence-corrected chi connectivity index (χ4v) is 2.62. The predicted octanol–water partition coefficient (Wildman–Crippen LogP) is 2.74. The molecule has 0 bridgehead atoms. The van der Waals surface area contributed by atoms with Crippen molar-refractivity contribution in [2.45, 2.75) is 58.5 Å². The standard InChI is InChI=1S/C12H24O2/c1-11(2,3)10-12(14-9-8-13)6-4-5-7-12/h13H,4-10H2,1-3H3. The summed E-state index contributed by atoms with van der Waals surface area (Å²) in [5.74, 6) is 0. The normalized spacial score (nSPS) is 21.4. The molecule has 0 aromatic carbocycles. The third-order valence-electron chi connectivity index (χ3n) is 2.87. The van der Waals surface area contributed by atoms with Gasteiger partial charge in [-0.25, -0.2) is 0 Å². The van der Waals surface area contributed by atoms with Gasteiger partial charge in [-0.3, -0.25) is 0 Å². The van der Waals surface area contributed by atoms with E-state index in [4.69, 9.17) is 9.84 Å². The van der Waals surface area contributed by atoms with Crippen LogP contribution in [0, 0.1) is 5.41 Å². The first-order chi connectivity index (χ1) is 6.47. The molecule has 0 saturated heterocycles. The summed E-state index contributed by atoms with van der Waals surface area (Å²) in [7, 11) is 0. The Morgan fingerprint density at radius 3 is 2.21 bits per heavy atom. The monoisotopic (exact) mass is 200 g/mol. The molecular weight excluding hydrogens is 176 g/mol. The van der Waals surface area contributed by atoms with Gasteiger partial charge < -0.3 is 9.84 Å². The average Bonchev–Trinajstić information content (AvgIpc) is 2.47. The molecule has 0 aromatic heterocycles. The summed E-state index contributed by atoms with van der Waals surface area (Å²) >= 11 is 0. The Morgan fingerprint density at radius 2 is 1.79 bits per heavy atom. The number of rotatable bonds is 4. The molecule has 84 valence electrons. The highest BCUT2D eigenvalue weighted by Gasteiger charge is 2.37. The molecule has 0 spiro atoms. The van der Waals surface area contributed by atoms with Crippen molar-refractivity contribution in [1.82, 2.24) is 0 Å². The van der Waals surface area contributed by atoms with Gasteiger partial charge in [0, 0.05) is 0 Å². The Bertz CT molecular complexity index is 164. The largest absolute Gasteiger partial charge is 0.394 e. The zero-order valence-electron chi connectivity index (χ0n) is 9.81. The Kier molecular flexibility index (Phi) is 3.96. The van der Waals surface area contributed by atoms with E-state index >= 15 is 0 Å². The molecule has 0 amide bonds. The van der Waals surface area contributed by atoms with Crippen molar-refractivity contribution < 1.29 is 9.84 Å². The molecule has 2 nitrogen and oxygen atoms in total. The Morgan fingerprint density at radius 1 is 1.21 bits per heavy atom. The molecule has 1 saturated carbocycles. The Balaban J connectivity index is 2.53. The quantitative estimate of drug-likeness (QED) is 0.756. The van der Waals surface area contributed by atoms with E-state index in [-0.39, 0.29) is 12.2 Å². The second-order valence-corrected chi connectivity index (χ2v) is 5.70. The molecule has 0 heterocycles. The van der Waals surface area contributed by atoms with Gasteiger partial charge in [0.15, 0.2) is 0 Å². The van der Waals surface area contributed by atoms with Gasteiger partial charge in [-0.1, -0.05) is 33.6 Å². The highest BCUT2D eigenvalue weighted by Crippen LogP contribution is 2.41. The zero-order valence-corrected chi connectivity index (χ0v) is 9.81. The van der Waals surface area contributed by atoms with E-state index in [0.717, 1.165) is 6.42 Å². The van der Waals surface area contributed by atoms with Crippen molar-refractivity contribution in [1.29, 1.82) is 0 Å². The smallest absolute Gasteiger partial charge is 0.0705 e. The number of hydrogen-bond donors (Lipinski definition) is 1. The van der Waals surface area contributed by atoms with Crippen LogP contribution in [-0.2, 0) is 4.74 Å². The second-order valence-electron chi connectivity index (χ2n) is 5.70. The lowest BCUT2D eigenvalue weighted by atomic mass is 9.81. The maximum Gasteiger partial charge on any atom is 0.0705 e.